The van der Waals surface area contributed by atoms with Gasteiger partial charge in [-0.2, -0.15) is 0 Å². The number of nitrogens with one attached hydrogen (secondary N) is 2. The summed E-state index contributed by atoms with van der Waals surface area (Å²) in [6.07, 6.45) is 1.51. The molecular formula is C18H14N2O4. The fraction of sp³-hybridized carbons (Fsp3) is 0.0556. The van der Waals surface area contributed by atoms with Crippen LogP contribution in [0.4, 0.5) is 5.69 Å². The number of carbonyl (C=O) groups excluding carboxylic acids is 3. The lowest BCUT2D eigenvalue weighted by Crippen LogP contribution is -2.22. The molecule has 24 heavy (non-hydrogen) atoms. The number of fused-ring (bicyclic) bond motifs is 1. The number of para-hydroxylation sites is 1. The first kappa shape index (κ1) is 15.5. The highest BCUT2D eigenvalue weighted by molar-refractivity contribution is 6.48. The van der Waals surface area contributed by atoms with Crippen LogP contribution in [0.15, 0.2) is 54.7 Å². The summed E-state index contributed by atoms with van der Waals surface area (Å²) in [5.41, 5.74) is 1.71. The average molecular weight is 322 g/mol. The molecule has 0 radical (unpaired) electrons. The molecule has 1 amide bonds. The molecule has 3 rings (SSSR count). The molecule has 0 unspecified atom stereocenters. The van der Waals surface area contributed by atoms with E-state index in [-0.39, 0.29) is 5.56 Å². The first-order chi connectivity index (χ1) is 11.6. The number of H-pyrrole nitrogens is 1. The van der Waals surface area contributed by atoms with Gasteiger partial charge in [0.25, 0.3) is 11.7 Å². The number of benzene rings is 2. The Hall–Kier alpha value is -3.41. The third kappa shape index (κ3) is 2.89. The Kier molecular flexibility index (Phi) is 4.11. The summed E-state index contributed by atoms with van der Waals surface area (Å²) in [4.78, 5) is 39.1. The Bertz CT molecular complexity index is 943. The van der Waals surface area contributed by atoms with Gasteiger partial charge < -0.3 is 15.0 Å². The number of aromatic amines is 1. The SMILES string of the molecule is COC(=O)c1cccc(NC(=O)C(=O)c2c[nH]c3ccccc23)c1. The molecule has 0 atom stereocenters. The maximum Gasteiger partial charge on any atom is 0.337 e. The van der Waals surface area contributed by atoms with Crippen LogP contribution in [0.2, 0.25) is 0 Å². The molecule has 6 nitrogen and oxygen atoms in total. The van der Waals surface area contributed by atoms with E-state index in [0.717, 1.165) is 5.52 Å². The van der Waals surface area contributed by atoms with Gasteiger partial charge in [0.2, 0.25) is 0 Å². The molecule has 1 heterocycles. The van der Waals surface area contributed by atoms with Crippen molar-refractivity contribution >= 4 is 34.3 Å². The van der Waals surface area contributed by atoms with Gasteiger partial charge in [-0.3, -0.25) is 9.59 Å². The van der Waals surface area contributed by atoms with E-state index in [1.54, 1.807) is 30.3 Å². The quantitative estimate of drug-likeness (QED) is 0.439. The lowest BCUT2D eigenvalue weighted by molar-refractivity contribution is -0.112. The zero-order valence-corrected chi connectivity index (χ0v) is 12.8. The van der Waals surface area contributed by atoms with Crippen molar-refractivity contribution in [2.75, 3.05) is 12.4 Å². The van der Waals surface area contributed by atoms with Crippen LogP contribution in [-0.4, -0.2) is 29.8 Å². The normalized spacial score (nSPS) is 10.4. The summed E-state index contributed by atoms with van der Waals surface area (Å²) in [5, 5.41) is 3.19. The van der Waals surface area contributed by atoms with Crippen molar-refractivity contribution in [3.8, 4) is 0 Å². The minimum absolute atomic E-state index is 0.287. The maximum absolute atomic E-state index is 12.4. The van der Waals surface area contributed by atoms with E-state index in [1.807, 2.05) is 12.1 Å². The summed E-state index contributed by atoms with van der Waals surface area (Å²) in [7, 11) is 1.27. The number of hydrogen-bond acceptors (Lipinski definition) is 4. The second-order valence-electron chi connectivity index (χ2n) is 5.10. The smallest absolute Gasteiger partial charge is 0.337 e. The third-order valence-electron chi connectivity index (χ3n) is 3.58. The fourth-order valence-electron chi connectivity index (χ4n) is 2.41. The van der Waals surface area contributed by atoms with Gasteiger partial charge in [0.05, 0.1) is 18.2 Å². The summed E-state index contributed by atoms with van der Waals surface area (Å²) < 4.78 is 4.63. The number of Topliss-reactive ketones (excluding diaryl/α,β-unsaturated/α-hetero) is 1. The van der Waals surface area contributed by atoms with Crippen molar-refractivity contribution in [3.63, 3.8) is 0 Å². The van der Waals surface area contributed by atoms with E-state index >= 15 is 0 Å². The highest BCUT2D eigenvalue weighted by Crippen LogP contribution is 2.19. The van der Waals surface area contributed by atoms with Gasteiger partial charge in [-0.25, -0.2) is 4.79 Å². The molecular weight excluding hydrogens is 308 g/mol. The van der Waals surface area contributed by atoms with Crippen molar-refractivity contribution in [2.24, 2.45) is 0 Å². The first-order valence-corrected chi connectivity index (χ1v) is 7.20. The van der Waals surface area contributed by atoms with Crippen LogP contribution in [0.1, 0.15) is 20.7 Å². The third-order valence-corrected chi connectivity index (χ3v) is 3.58. The summed E-state index contributed by atoms with van der Waals surface area (Å²) >= 11 is 0. The van der Waals surface area contributed by atoms with Crippen LogP contribution in [0.3, 0.4) is 0 Å². The molecule has 0 aliphatic carbocycles. The Morgan fingerprint density at radius 1 is 1.04 bits per heavy atom. The molecule has 0 bridgehead atoms. The zero-order chi connectivity index (χ0) is 17.1. The van der Waals surface area contributed by atoms with Crippen LogP contribution in [0.5, 0.6) is 0 Å². The highest BCUT2D eigenvalue weighted by atomic mass is 16.5. The van der Waals surface area contributed by atoms with E-state index in [9.17, 15) is 14.4 Å². The highest BCUT2D eigenvalue weighted by Gasteiger charge is 2.20. The van der Waals surface area contributed by atoms with E-state index < -0.39 is 17.7 Å². The number of aromatic nitrogens is 1. The molecule has 1 aromatic heterocycles. The van der Waals surface area contributed by atoms with E-state index in [1.165, 1.54) is 19.4 Å². The molecule has 0 aliphatic rings. The Morgan fingerprint density at radius 2 is 1.83 bits per heavy atom. The standard InChI is InChI=1S/C18H14N2O4/c1-24-18(23)11-5-4-6-12(9-11)20-17(22)16(21)14-10-19-15-8-3-2-7-13(14)15/h2-10,19H,1H3,(H,20,22). The van der Waals surface area contributed by atoms with Gasteiger partial charge in [-0.15, -0.1) is 0 Å². The lowest BCUT2D eigenvalue weighted by atomic mass is 10.1. The van der Waals surface area contributed by atoms with Gasteiger partial charge in [0, 0.05) is 22.8 Å². The van der Waals surface area contributed by atoms with Gasteiger partial charge in [-0.05, 0) is 24.3 Å². The maximum atomic E-state index is 12.4. The van der Waals surface area contributed by atoms with Crippen LogP contribution in [0.25, 0.3) is 10.9 Å². The molecule has 0 saturated carbocycles. The number of hydrogen-bond donors (Lipinski definition) is 2. The minimum Gasteiger partial charge on any atom is -0.465 e. The Balaban J connectivity index is 1.82. The summed E-state index contributed by atoms with van der Waals surface area (Å²) in [5.74, 6) is -1.95. The molecule has 0 saturated heterocycles. The van der Waals surface area contributed by atoms with E-state index in [2.05, 4.69) is 15.0 Å². The van der Waals surface area contributed by atoms with Crippen LogP contribution in [-0.2, 0) is 9.53 Å². The van der Waals surface area contributed by atoms with Gasteiger partial charge >= 0.3 is 5.97 Å². The van der Waals surface area contributed by atoms with Gasteiger partial charge in [0.1, 0.15) is 0 Å². The molecule has 0 fully saturated rings. The predicted molar refractivity (Wildman–Crippen MR) is 89.0 cm³/mol. The van der Waals surface area contributed by atoms with Crippen molar-refractivity contribution < 1.29 is 19.1 Å². The van der Waals surface area contributed by atoms with Crippen molar-refractivity contribution in [1.82, 2.24) is 4.98 Å². The Labute approximate surface area is 137 Å². The summed E-state index contributed by atoms with van der Waals surface area (Å²) in [6.45, 7) is 0. The number of carbonyl (C=O) groups is 3. The number of rotatable bonds is 4. The summed E-state index contributed by atoms with van der Waals surface area (Å²) in [6, 6.07) is 13.4. The topological polar surface area (TPSA) is 88.3 Å². The Morgan fingerprint density at radius 3 is 2.62 bits per heavy atom. The molecule has 3 aromatic rings. The fourth-order valence-corrected chi connectivity index (χ4v) is 2.41. The second-order valence-corrected chi connectivity index (χ2v) is 5.10. The number of anilines is 1. The van der Waals surface area contributed by atoms with Gasteiger partial charge in [-0.1, -0.05) is 24.3 Å². The van der Waals surface area contributed by atoms with Crippen LogP contribution in [0, 0.1) is 0 Å². The number of methoxy groups -OCH3 is 1. The molecule has 2 aromatic carbocycles. The average Bonchev–Trinajstić information content (AvgIpc) is 3.04. The number of amides is 1. The molecule has 2 N–H and O–H groups in total. The zero-order valence-electron chi connectivity index (χ0n) is 12.8. The molecule has 120 valence electrons. The number of ether oxygens (including phenoxy) is 1. The number of esters is 1. The molecule has 0 spiro atoms. The second kappa shape index (κ2) is 6.37. The van der Waals surface area contributed by atoms with E-state index in [0.29, 0.717) is 16.6 Å². The van der Waals surface area contributed by atoms with Crippen LogP contribution >= 0.6 is 0 Å². The van der Waals surface area contributed by atoms with Crippen molar-refractivity contribution in [3.05, 3.63) is 65.9 Å². The molecule has 0 aliphatic heterocycles. The first-order valence-electron chi connectivity index (χ1n) is 7.20. The monoisotopic (exact) mass is 322 g/mol. The van der Waals surface area contributed by atoms with Crippen LogP contribution < -0.4 is 5.32 Å². The lowest BCUT2D eigenvalue weighted by Gasteiger charge is -2.06. The van der Waals surface area contributed by atoms with E-state index in [4.69, 9.17) is 0 Å². The predicted octanol–water partition coefficient (Wildman–Crippen LogP) is 2.78. The van der Waals surface area contributed by atoms with Gasteiger partial charge in [0.15, 0.2) is 0 Å². The minimum atomic E-state index is -0.776. The van der Waals surface area contributed by atoms with Crippen molar-refractivity contribution in [2.45, 2.75) is 0 Å². The largest absolute Gasteiger partial charge is 0.465 e. The van der Waals surface area contributed by atoms with Crippen molar-refractivity contribution in [1.29, 1.82) is 0 Å². The number of ketones is 1. The molecule has 6 heteroatoms.